The van der Waals surface area contributed by atoms with Crippen molar-refractivity contribution in [3.63, 3.8) is 0 Å². The fraction of sp³-hybridized carbons (Fsp3) is 0.895. The first kappa shape index (κ1) is 80.1. The highest BCUT2D eigenvalue weighted by Crippen LogP contribution is 2.19. The van der Waals surface area contributed by atoms with Gasteiger partial charge in [-0.25, -0.2) is 0 Å². The Labute approximate surface area is 513 Å². The lowest BCUT2D eigenvalue weighted by Gasteiger charge is -2.22. The van der Waals surface area contributed by atoms with E-state index in [9.17, 15) is 19.8 Å². The molecule has 0 aliphatic rings. The summed E-state index contributed by atoms with van der Waals surface area (Å²) in [6.45, 7) is 4.98. The van der Waals surface area contributed by atoms with Gasteiger partial charge in [-0.1, -0.05) is 352 Å². The molecule has 0 spiro atoms. The summed E-state index contributed by atoms with van der Waals surface area (Å²) in [6.07, 6.45) is 92.0. The first-order valence-corrected chi connectivity index (χ1v) is 37.2. The number of aliphatic hydroxyl groups excluding tert-OH is 2. The van der Waals surface area contributed by atoms with Crippen molar-refractivity contribution in [3.05, 3.63) is 36.5 Å². The second-order valence-electron chi connectivity index (χ2n) is 25.6. The number of ether oxygens (including phenoxy) is 1. The average Bonchev–Trinajstić information content (AvgIpc) is 3.48. The van der Waals surface area contributed by atoms with Crippen LogP contribution >= 0.6 is 0 Å². The second kappa shape index (κ2) is 71.6. The molecule has 6 heteroatoms. The maximum Gasteiger partial charge on any atom is 0.305 e. The maximum atomic E-state index is 12.5. The average molecular weight is 1150 g/mol. The lowest BCUT2D eigenvalue weighted by atomic mass is 10.0. The topological polar surface area (TPSA) is 95.9 Å². The van der Waals surface area contributed by atoms with Gasteiger partial charge >= 0.3 is 5.97 Å². The first-order chi connectivity index (χ1) is 40.5. The van der Waals surface area contributed by atoms with Crippen LogP contribution in [0.3, 0.4) is 0 Å². The minimum Gasteiger partial charge on any atom is -0.466 e. The van der Waals surface area contributed by atoms with Crippen molar-refractivity contribution in [2.24, 2.45) is 0 Å². The van der Waals surface area contributed by atoms with Crippen LogP contribution in [0.2, 0.25) is 0 Å². The molecule has 6 nitrogen and oxygen atoms in total. The number of amides is 1. The third-order valence-electron chi connectivity index (χ3n) is 17.4. The summed E-state index contributed by atoms with van der Waals surface area (Å²) >= 11 is 0. The number of carbonyl (C=O) groups excluding carboxylic acids is 2. The summed E-state index contributed by atoms with van der Waals surface area (Å²) in [6, 6.07) is -0.548. The van der Waals surface area contributed by atoms with E-state index < -0.39 is 12.1 Å². The maximum absolute atomic E-state index is 12.5. The molecule has 0 aliphatic heterocycles. The van der Waals surface area contributed by atoms with Crippen LogP contribution in [-0.2, 0) is 14.3 Å². The van der Waals surface area contributed by atoms with Crippen molar-refractivity contribution in [3.8, 4) is 0 Å². The molecule has 0 aromatic rings. The van der Waals surface area contributed by atoms with Crippen LogP contribution in [-0.4, -0.2) is 47.4 Å². The number of aliphatic hydroxyl groups is 2. The Hall–Kier alpha value is -1.92. The molecule has 2 atom stereocenters. The summed E-state index contributed by atoms with van der Waals surface area (Å²) in [4.78, 5) is 24.7. The van der Waals surface area contributed by atoms with Gasteiger partial charge in [-0.2, -0.15) is 0 Å². The molecule has 2 unspecified atom stereocenters. The number of hydrogen-bond donors (Lipinski definition) is 3. The highest BCUT2D eigenvalue weighted by Gasteiger charge is 2.20. The number of nitrogens with one attached hydrogen (secondary N) is 1. The Morgan fingerprint density at radius 1 is 0.341 bits per heavy atom. The Bertz CT molecular complexity index is 1330. The monoisotopic (exact) mass is 1150 g/mol. The van der Waals surface area contributed by atoms with Crippen molar-refractivity contribution in [1.29, 1.82) is 0 Å². The highest BCUT2D eigenvalue weighted by molar-refractivity contribution is 5.76. The van der Waals surface area contributed by atoms with Gasteiger partial charge in [-0.3, -0.25) is 9.59 Å². The van der Waals surface area contributed by atoms with Crippen LogP contribution in [0, 0.1) is 0 Å². The van der Waals surface area contributed by atoms with Gasteiger partial charge in [0, 0.05) is 12.8 Å². The molecule has 1 amide bonds. The van der Waals surface area contributed by atoms with E-state index in [4.69, 9.17) is 4.74 Å². The number of unbranched alkanes of at least 4 members (excludes halogenated alkanes) is 53. The highest BCUT2D eigenvalue weighted by atomic mass is 16.5. The van der Waals surface area contributed by atoms with Crippen molar-refractivity contribution in [1.82, 2.24) is 5.32 Å². The summed E-state index contributed by atoms with van der Waals surface area (Å²) < 4.78 is 5.51. The Kier molecular flexibility index (Phi) is 69.9. The SMILES string of the molecule is CCCCCCCC/C=C\CCCCCCCCCCCC(=O)OCCCCCCCCCCC/C=C\C/C=C\CCCCCCCCCCCC(=O)NC(CO)C(O)CCCCCCCCCCCCCCCCCCCCCCC. The zero-order valence-corrected chi connectivity index (χ0v) is 55.5. The summed E-state index contributed by atoms with van der Waals surface area (Å²) in [5.41, 5.74) is 0. The molecule has 0 rings (SSSR count). The van der Waals surface area contributed by atoms with E-state index in [1.807, 2.05) is 0 Å². The molecule has 0 saturated carbocycles. The molecule has 0 heterocycles. The molecule has 82 heavy (non-hydrogen) atoms. The smallest absolute Gasteiger partial charge is 0.305 e. The molecule has 0 radical (unpaired) electrons. The molecule has 0 aromatic heterocycles. The van der Waals surface area contributed by atoms with E-state index in [1.54, 1.807) is 0 Å². The Balaban J connectivity index is 3.42. The standard InChI is InChI=1S/C76H145NO5/c1-3-5-7-9-11-13-15-17-19-21-23-29-33-36-40-44-48-52-56-60-64-68-74(79)73(72-78)77-75(80)69-65-61-57-53-49-45-41-37-34-30-27-25-24-26-28-31-35-39-43-47-51-55-59-63-67-71-82-76(81)70-66-62-58-54-50-46-42-38-32-22-20-18-16-14-12-10-8-6-4-2/h18,20,25-28,73-74,78-79H,3-17,19,21-24,29-72H2,1-2H3,(H,77,80)/b20-18-,27-25-,28-26-. The molecule has 484 valence electrons. The van der Waals surface area contributed by atoms with E-state index in [1.165, 1.54) is 327 Å². The predicted octanol–water partition coefficient (Wildman–Crippen LogP) is 24.3. The molecular weight excluding hydrogens is 1010 g/mol. The molecule has 0 aromatic carbocycles. The van der Waals surface area contributed by atoms with Crippen LogP contribution < -0.4 is 5.32 Å². The summed E-state index contributed by atoms with van der Waals surface area (Å²) in [7, 11) is 0. The second-order valence-corrected chi connectivity index (χ2v) is 25.6. The molecule has 3 N–H and O–H groups in total. The van der Waals surface area contributed by atoms with E-state index >= 15 is 0 Å². The van der Waals surface area contributed by atoms with Crippen molar-refractivity contribution >= 4 is 11.9 Å². The quantitative estimate of drug-likeness (QED) is 0.0320. The van der Waals surface area contributed by atoms with Gasteiger partial charge in [0.15, 0.2) is 0 Å². The third-order valence-corrected chi connectivity index (χ3v) is 17.4. The first-order valence-electron chi connectivity index (χ1n) is 37.2. The van der Waals surface area contributed by atoms with Gasteiger partial charge in [-0.15, -0.1) is 0 Å². The van der Waals surface area contributed by atoms with Crippen LogP contribution in [0.5, 0.6) is 0 Å². The van der Waals surface area contributed by atoms with Crippen LogP contribution in [0.4, 0.5) is 0 Å². The number of allylic oxidation sites excluding steroid dienone is 6. The van der Waals surface area contributed by atoms with E-state index in [2.05, 4.69) is 55.6 Å². The van der Waals surface area contributed by atoms with Gasteiger partial charge in [-0.05, 0) is 83.5 Å². The number of carbonyl (C=O) groups is 2. The van der Waals surface area contributed by atoms with Gasteiger partial charge in [0.05, 0.1) is 25.4 Å². The zero-order chi connectivity index (χ0) is 59.2. The molecular formula is C76H145NO5. The van der Waals surface area contributed by atoms with Crippen molar-refractivity contribution in [2.75, 3.05) is 13.2 Å². The number of rotatable bonds is 70. The summed E-state index contributed by atoms with van der Waals surface area (Å²) in [5.74, 6) is -0.0276. The molecule has 0 bridgehead atoms. The number of esters is 1. The molecule has 0 saturated heterocycles. The summed E-state index contributed by atoms with van der Waals surface area (Å²) in [5, 5.41) is 23.4. The molecule has 0 fully saturated rings. The normalized spacial score (nSPS) is 12.7. The fourth-order valence-electron chi connectivity index (χ4n) is 11.7. The number of hydrogen-bond acceptors (Lipinski definition) is 5. The van der Waals surface area contributed by atoms with Crippen LogP contribution in [0.25, 0.3) is 0 Å². The van der Waals surface area contributed by atoms with Gasteiger partial charge < -0.3 is 20.3 Å². The zero-order valence-electron chi connectivity index (χ0n) is 55.5. The van der Waals surface area contributed by atoms with Crippen molar-refractivity contribution < 1.29 is 24.5 Å². The minimum atomic E-state index is -0.670. The van der Waals surface area contributed by atoms with E-state index in [0.717, 1.165) is 51.4 Å². The van der Waals surface area contributed by atoms with Gasteiger partial charge in [0.25, 0.3) is 0 Å². The Morgan fingerprint density at radius 2 is 0.610 bits per heavy atom. The fourth-order valence-corrected chi connectivity index (χ4v) is 11.7. The van der Waals surface area contributed by atoms with Crippen LogP contribution in [0.15, 0.2) is 36.5 Å². The largest absolute Gasteiger partial charge is 0.466 e. The van der Waals surface area contributed by atoms with Gasteiger partial charge in [0.2, 0.25) is 5.91 Å². The minimum absolute atomic E-state index is 0.00940. The Morgan fingerprint density at radius 3 is 0.939 bits per heavy atom. The van der Waals surface area contributed by atoms with E-state index in [0.29, 0.717) is 25.9 Å². The van der Waals surface area contributed by atoms with Crippen molar-refractivity contribution in [2.45, 2.75) is 424 Å². The van der Waals surface area contributed by atoms with Crippen LogP contribution in [0.1, 0.15) is 412 Å². The lowest BCUT2D eigenvalue weighted by molar-refractivity contribution is -0.143. The predicted molar refractivity (Wildman–Crippen MR) is 361 cm³/mol. The van der Waals surface area contributed by atoms with E-state index in [-0.39, 0.29) is 18.5 Å². The third kappa shape index (κ3) is 67.2. The lowest BCUT2D eigenvalue weighted by Crippen LogP contribution is -2.45. The van der Waals surface area contributed by atoms with Gasteiger partial charge in [0.1, 0.15) is 0 Å². The molecule has 0 aliphatic carbocycles.